The Labute approximate surface area is 172 Å². The molecule has 0 spiro atoms. The van der Waals surface area contributed by atoms with Crippen LogP contribution < -0.4 is 0 Å². The summed E-state index contributed by atoms with van der Waals surface area (Å²) in [6, 6.07) is 6.23. The van der Waals surface area contributed by atoms with Crippen molar-refractivity contribution >= 4 is 27.8 Å². The molecule has 0 atom stereocenters. The van der Waals surface area contributed by atoms with Crippen molar-refractivity contribution < 1.29 is 27.6 Å². The number of fused-ring (bicyclic) bond motifs is 1. The van der Waals surface area contributed by atoms with Crippen molar-refractivity contribution in [2.75, 3.05) is 13.1 Å². The van der Waals surface area contributed by atoms with E-state index >= 15 is 0 Å². The molecule has 2 aliphatic heterocycles. The molecule has 1 aromatic heterocycles. The van der Waals surface area contributed by atoms with Gasteiger partial charge in [0, 0.05) is 13.1 Å². The molecule has 2 amide bonds. The van der Waals surface area contributed by atoms with Crippen LogP contribution in [-0.4, -0.2) is 58.9 Å². The third-order valence-corrected chi connectivity index (χ3v) is 7.55. The summed E-state index contributed by atoms with van der Waals surface area (Å²) in [6.45, 7) is 3.49. The van der Waals surface area contributed by atoms with E-state index < -0.39 is 33.7 Å². The molecular formula is C19H20N4O6S. The Morgan fingerprint density at radius 2 is 1.67 bits per heavy atom. The SMILES string of the molecule is Cc1n[nH]c(C)c1S(=O)(=O)N1CCC(C(=O)ON2C(=O)c3ccccc3C2=O)CC1. The Morgan fingerprint density at radius 3 is 2.17 bits per heavy atom. The number of rotatable bonds is 4. The maximum atomic E-state index is 12.9. The number of hydroxylamine groups is 2. The molecule has 2 aliphatic rings. The number of imide groups is 1. The van der Waals surface area contributed by atoms with Crippen LogP contribution in [-0.2, 0) is 19.7 Å². The fourth-order valence-electron chi connectivity index (χ4n) is 3.80. The van der Waals surface area contributed by atoms with Crippen LogP contribution >= 0.6 is 0 Å². The Morgan fingerprint density at radius 1 is 1.10 bits per heavy atom. The largest absolute Gasteiger partial charge is 0.336 e. The van der Waals surface area contributed by atoms with Crippen LogP contribution in [0.4, 0.5) is 0 Å². The van der Waals surface area contributed by atoms with Crippen molar-refractivity contribution in [1.82, 2.24) is 19.6 Å². The van der Waals surface area contributed by atoms with Gasteiger partial charge in [0.05, 0.1) is 28.4 Å². The molecule has 10 nitrogen and oxygen atoms in total. The van der Waals surface area contributed by atoms with Gasteiger partial charge >= 0.3 is 5.97 Å². The number of aromatic nitrogens is 2. The van der Waals surface area contributed by atoms with Crippen LogP contribution in [0.5, 0.6) is 0 Å². The van der Waals surface area contributed by atoms with Crippen LogP contribution in [0.1, 0.15) is 44.9 Å². The van der Waals surface area contributed by atoms with Gasteiger partial charge in [-0.05, 0) is 38.8 Å². The summed E-state index contributed by atoms with van der Waals surface area (Å²) in [5, 5.41) is 7.08. The van der Waals surface area contributed by atoms with Crippen molar-refractivity contribution in [3.63, 3.8) is 0 Å². The van der Waals surface area contributed by atoms with Crippen molar-refractivity contribution in [3.8, 4) is 0 Å². The molecule has 11 heteroatoms. The maximum absolute atomic E-state index is 12.9. The van der Waals surface area contributed by atoms with E-state index in [1.54, 1.807) is 26.0 Å². The van der Waals surface area contributed by atoms with E-state index in [9.17, 15) is 22.8 Å². The monoisotopic (exact) mass is 432 g/mol. The molecule has 2 aromatic rings. The zero-order chi connectivity index (χ0) is 21.6. The van der Waals surface area contributed by atoms with Gasteiger partial charge < -0.3 is 4.84 Å². The first-order valence-electron chi connectivity index (χ1n) is 9.43. The Bertz CT molecular complexity index is 1090. The van der Waals surface area contributed by atoms with Gasteiger partial charge in [0.15, 0.2) is 0 Å². The van der Waals surface area contributed by atoms with E-state index in [2.05, 4.69) is 10.2 Å². The van der Waals surface area contributed by atoms with E-state index in [1.165, 1.54) is 16.4 Å². The summed E-state index contributed by atoms with van der Waals surface area (Å²) in [5.74, 6) is -2.71. The van der Waals surface area contributed by atoms with E-state index in [1.807, 2.05) is 0 Å². The molecule has 0 saturated carbocycles. The number of piperidine rings is 1. The highest BCUT2D eigenvalue weighted by Gasteiger charge is 2.41. The molecule has 1 saturated heterocycles. The highest BCUT2D eigenvalue weighted by Crippen LogP contribution is 2.29. The van der Waals surface area contributed by atoms with Gasteiger partial charge in [-0.1, -0.05) is 17.2 Å². The van der Waals surface area contributed by atoms with Crippen molar-refractivity contribution in [2.24, 2.45) is 5.92 Å². The number of hydrogen-bond donors (Lipinski definition) is 1. The molecule has 0 unspecified atom stereocenters. The standard InChI is InChI=1S/C19H20N4O6S/c1-11-16(12(2)21-20-11)30(27,28)22-9-7-13(8-10-22)19(26)29-23-17(24)14-5-3-4-6-15(14)18(23)25/h3-6,13H,7-10H2,1-2H3,(H,20,21). The first kappa shape index (κ1) is 20.2. The number of nitrogens with one attached hydrogen (secondary N) is 1. The molecule has 0 aliphatic carbocycles. The summed E-state index contributed by atoms with van der Waals surface area (Å²) >= 11 is 0. The van der Waals surface area contributed by atoms with Crippen molar-refractivity contribution in [3.05, 3.63) is 46.8 Å². The average molecular weight is 432 g/mol. The van der Waals surface area contributed by atoms with Gasteiger partial charge in [-0.25, -0.2) is 13.2 Å². The molecule has 1 fully saturated rings. The lowest BCUT2D eigenvalue weighted by atomic mass is 9.99. The van der Waals surface area contributed by atoms with Gasteiger partial charge in [-0.3, -0.25) is 14.7 Å². The number of sulfonamides is 1. The second-order valence-electron chi connectivity index (χ2n) is 7.30. The summed E-state index contributed by atoms with van der Waals surface area (Å²) in [6.07, 6.45) is 0.439. The number of aromatic amines is 1. The number of aryl methyl sites for hydroxylation is 2. The molecule has 0 bridgehead atoms. The zero-order valence-electron chi connectivity index (χ0n) is 16.4. The Balaban J connectivity index is 1.41. The molecule has 1 aromatic carbocycles. The number of amides is 2. The number of carbonyl (C=O) groups excluding carboxylic acids is 3. The van der Waals surface area contributed by atoms with Crippen LogP contribution in [0, 0.1) is 19.8 Å². The van der Waals surface area contributed by atoms with Crippen LogP contribution in [0.15, 0.2) is 29.2 Å². The van der Waals surface area contributed by atoms with Gasteiger partial charge in [0.2, 0.25) is 10.0 Å². The van der Waals surface area contributed by atoms with Crippen LogP contribution in [0.2, 0.25) is 0 Å². The Kier molecular flexibility index (Phi) is 4.94. The minimum atomic E-state index is -3.74. The lowest BCUT2D eigenvalue weighted by Gasteiger charge is -2.30. The quantitative estimate of drug-likeness (QED) is 0.718. The molecule has 30 heavy (non-hydrogen) atoms. The summed E-state index contributed by atoms with van der Waals surface area (Å²) in [7, 11) is -3.74. The molecule has 1 N–H and O–H groups in total. The summed E-state index contributed by atoms with van der Waals surface area (Å²) < 4.78 is 27.1. The second kappa shape index (κ2) is 7.33. The predicted molar refractivity (Wildman–Crippen MR) is 103 cm³/mol. The number of hydrogen-bond acceptors (Lipinski definition) is 7. The molecule has 0 radical (unpaired) electrons. The van der Waals surface area contributed by atoms with E-state index in [0.717, 1.165) is 0 Å². The van der Waals surface area contributed by atoms with Gasteiger partial charge in [0.1, 0.15) is 4.90 Å². The lowest BCUT2D eigenvalue weighted by Crippen LogP contribution is -2.42. The minimum absolute atomic E-state index is 0.119. The first-order valence-corrected chi connectivity index (χ1v) is 10.9. The maximum Gasteiger partial charge on any atom is 0.336 e. The third kappa shape index (κ3) is 3.19. The topological polar surface area (TPSA) is 130 Å². The minimum Gasteiger partial charge on any atom is -0.329 e. The highest BCUT2D eigenvalue weighted by atomic mass is 32.2. The number of H-pyrrole nitrogens is 1. The number of carbonyl (C=O) groups is 3. The van der Waals surface area contributed by atoms with E-state index in [0.29, 0.717) is 16.5 Å². The molecule has 158 valence electrons. The number of nitrogens with zero attached hydrogens (tertiary/aromatic N) is 3. The van der Waals surface area contributed by atoms with Gasteiger partial charge in [0.25, 0.3) is 11.8 Å². The summed E-state index contributed by atoms with van der Waals surface area (Å²) in [5.41, 5.74) is 1.21. The first-order chi connectivity index (χ1) is 14.2. The van der Waals surface area contributed by atoms with Crippen molar-refractivity contribution in [2.45, 2.75) is 31.6 Å². The molecule has 4 rings (SSSR count). The average Bonchev–Trinajstić information content (AvgIpc) is 3.20. The molecule has 3 heterocycles. The normalized spacial score (nSPS) is 18.0. The fraction of sp³-hybridized carbons (Fsp3) is 0.368. The van der Waals surface area contributed by atoms with Crippen LogP contribution in [0.3, 0.4) is 0 Å². The fourth-order valence-corrected chi connectivity index (χ4v) is 5.60. The smallest absolute Gasteiger partial charge is 0.329 e. The predicted octanol–water partition coefficient (Wildman–Crippen LogP) is 1.18. The lowest BCUT2D eigenvalue weighted by molar-refractivity contribution is -0.175. The van der Waals surface area contributed by atoms with E-state index in [-0.39, 0.29) is 42.0 Å². The van der Waals surface area contributed by atoms with Crippen LogP contribution in [0.25, 0.3) is 0 Å². The highest BCUT2D eigenvalue weighted by molar-refractivity contribution is 7.89. The number of benzene rings is 1. The second-order valence-corrected chi connectivity index (χ2v) is 9.18. The Hall–Kier alpha value is -3.05. The van der Waals surface area contributed by atoms with Gasteiger partial charge in [-0.2, -0.15) is 9.40 Å². The van der Waals surface area contributed by atoms with Gasteiger partial charge in [-0.15, -0.1) is 0 Å². The zero-order valence-corrected chi connectivity index (χ0v) is 17.2. The molecular weight excluding hydrogens is 412 g/mol. The summed E-state index contributed by atoms with van der Waals surface area (Å²) in [4.78, 5) is 42.5. The van der Waals surface area contributed by atoms with Crippen molar-refractivity contribution in [1.29, 1.82) is 0 Å². The van der Waals surface area contributed by atoms with E-state index in [4.69, 9.17) is 4.84 Å². The third-order valence-electron chi connectivity index (χ3n) is 5.38.